The van der Waals surface area contributed by atoms with E-state index in [-0.39, 0.29) is 5.91 Å². The van der Waals surface area contributed by atoms with E-state index in [1.807, 2.05) is 11.0 Å². The quantitative estimate of drug-likeness (QED) is 0.537. The van der Waals surface area contributed by atoms with Gasteiger partial charge in [-0.25, -0.2) is 0 Å². The topological polar surface area (TPSA) is 26.8 Å². The molecule has 0 aliphatic carbocycles. The first-order valence-electron chi connectivity index (χ1n) is 11.9. The van der Waals surface area contributed by atoms with Gasteiger partial charge in [0.05, 0.1) is 5.69 Å². The summed E-state index contributed by atoms with van der Waals surface area (Å²) in [6.07, 6.45) is 6.16. The summed E-state index contributed by atoms with van der Waals surface area (Å²) in [5, 5.41) is 2.40. The summed E-state index contributed by atoms with van der Waals surface area (Å²) in [4.78, 5) is 20.3. The maximum atomic E-state index is 13.1. The Labute approximate surface area is 181 Å². The minimum Gasteiger partial charge on any atom is -0.370 e. The Morgan fingerprint density at radius 1 is 0.933 bits per heavy atom. The summed E-state index contributed by atoms with van der Waals surface area (Å²) in [6.45, 7) is 13.2. The van der Waals surface area contributed by atoms with Crippen LogP contribution in [0.15, 0.2) is 30.3 Å². The molecule has 1 fully saturated rings. The smallest absolute Gasteiger partial charge is 0.258 e. The fourth-order valence-corrected chi connectivity index (χ4v) is 4.94. The molecular formula is C26H37N3O. The van der Waals surface area contributed by atoms with Crippen molar-refractivity contribution in [2.75, 3.05) is 49.1 Å². The number of carbonyl (C=O) groups excluding carboxylic acids is 1. The van der Waals surface area contributed by atoms with Crippen LogP contribution in [0, 0.1) is 5.92 Å². The summed E-state index contributed by atoms with van der Waals surface area (Å²) < 4.78 is 0. The van der Waals surface area contributed by atoms with Gasteiger partial charge in [0.15, 0.2) is 0 Å². The average molecular weight is 408 g/mol. The van der Waals surface area contributed by atoms with E-state index in [4.69, 9.17) is 0 Å². The van der Waals surface area contributed by atoms with Gasteiger partial charge in [0, 0.05) is 48.2 Å². The standard InChI is InChI=1S/C26H37N3O/c1-4-5-6-14-27-15-8-16-28(19-18-27)23-11-12-24-25-21(23)9-7-10-22(25)26(30)29(24)17-13-20(2)3/h7,9-12,20H,4-6,8,13-19H2,1-3H3. The number of benzene rings is 2. The van der Waals surface area contributed by atoms with E-state index in [9.17, 15) is 4.79 Å². The van der Waals surface area contributed by atoms with Gasteiger partial charge in [-0.15, -0.1) is 0 Å². The number of unbranched alkanes of at least 4 members (excludes halogenated alkanes) is 2. The van der Waals surface area contributed by atoms with E-state index in [1.54, 1.807) is 0 Å². The molecule has 0 unspecified atom stereocenters. The number of hydrogen-bond acceptors (Lipinski definition) is 3. The van der Waals surface area contributed by atoms with Gasteiger partial charge in [0.25, 0.3) is 5.91 Å². The van der Waals surface area contributed by atoms with Crippen LogP contribution in [0.1, 0.15) is 63.2 Å². The number of rotatable bonds is 8. The third-order valence-electron chi connectivity index (χ3n) is 6.70. The van der Waals surface area contributed by atoms with Crippen LogP contribution in [0.5, 0.6) is 0 Å². The van der Waals surface area contributed by atoms with Crippen LogP contribution in [0.4, 0.5) is 11.4 Å². The molecule has 1 saturated heterocycles. The highest BCUT2D eigenvalue weighted by Gasteiger charge is 2.31. The van der Waals surface area contributed by atoms with Crippen molar-refractivity contribution < 1.29 is 4.79 Å². The zero-order valence-corrected chi connectivity index (χ0v) is 19.0. The van der Waals surface area contributed by atoms with Crippen LogP contribution in [0.25, 0.3) is 10.8 Å². The van der Waals surface area contributed by atoms with Gasteiger partial charge in [-0.2, -0.15) is 0 Å². The summed E-state index contributed by atoms with van der Waals surface area (Å²) >= 11 is 0. The van der Waals surface area contributed by atoms with Crippen molar-refractivity contribution in [1.82, 2.24) is 4.90 Å². The normalized spacial score (nSPS) is 17.4. The minimum absolute atomic E-state index is 0.173. The van der Waals surface area contributed by atoms with Crippen molar-refractivity contribution in [2.45, 2.75) is 52.9 Å². The Bertz CT molecular complexity index is 891. The van der Waals surface area contributed by atoms with E-state index in [0.717, 1.165) is 49.2 Å². The molecule has 2 aliphatic heterocycles. The molecule has 162 valence electrons. The fraction of sp³-hybridized carbons (Fsp3) is 0.577. The number of amides is 1. The zero-order chi connectivity index (χ0) is 21.1. The minimum atomic E-state index is 0.173. The number of hydrogen-bond donors (Lipinski definition) is 0. The molecule has 4 nitrogen and oxygen atoms in total. The first-order valence-corrected chi connectivity index (χ1v) is 11.9. The molecule has 2 aromatic rings. The molecule has 1 amide bonds. The lowest BCUT2D eigenvalue weighted by atomic mass is 10.0. The molecule has 0 aromatic heterocycles. The SMILES string of the molecule is CCCCCN1CCCN(c2ccc3c4c(cccc24)C(=O)N3CCC(C)C)CC1. The van der Waals surface area contributed by atoms with E-state index < -0.39 is 0 Å². The lowest BCUT2D eigenvalue weighted by Crippen LogP contribution is -2.31. The summed E-state index contributed by atoms with van der Waals surface area (Å²) in [5.74, 6) is 0.764. The predicted octanol–water partition coefficient (Wildman–Crippen LogP) is 5.55. The molecule has 0 atom stereocenters. The van der Waals surface area contributed by atoms with Crippen molar-refractivity contribution in [3.8, 4) is 0 Å². The highest BCUT2D eigenvalue weighted by molar-refractivity contribution is 6.26. The van der Waals surface area contributed by atoms with Gasteiger partial charge in [0.2, 0.25) is 0 Å². The van der Waals surface area contributed by atoms with Crippen molar-refractivity contribution in [1.29, 1.82) is 0 Å². The number of carbonyl (C=O) groups is 1. The highest BCUT2D eigenvalue weighted by Crippen LogP contribution is 2.42. The van der Waals surface area contributed by atoms with Crippen LogP contribution in [-0.4, -0.2) is 50.1 Å². The molecule has 30 heavy (non-hydrogen) atoms. The largest absolute Gasteiger partial charge is 0.370 e. The second-order valence-corrected chi connectivity index (χ2v) is 9.36. The van der Waals surface area contributed by atoms with Gasteiger partial charge in [-0.1, -0.05) is 45.7 Å². The van der Waals surface area contributed by atoms with E-state index >= 15 is 0 Å². The number of nitrogens with zero attached hydrogens (tertiary/aromatic N) is 3. The molecule has 2 aromatic carbocycles. The molecular weight excluding hydrogens is 370 g/mol. The summed E-state index contributed by atoms with van der Waals surface area (Å²) in [6, 6.07) is 10.7. The molecule has 2 heterocycles. The molecule has 0 bridgehead atoms. The summed E-state index contributed by atoms with van der Waals surface area (Å²) in [7, 11) is 0. The van der Waals surface area contributed by atoms with Gasteiger partial charge in [-0.3, -0.25) is 4.79 Å². The lowest BCUT2D eigenvalue weighted by Gasteiger charge is -2.26. The molecule has 0 N–H and O–H groups in total. The van der Waals surface area contributed by atoms with Crippen LogP contribution in [-0.2, 0) is 0 Å². The third kappa shape index (κ3) is 4.20. The molecule has 0 spiro atoms. The van der Waals surface area contributed by atoms with Crippen molar-refractivity contribution in [3.05, 3.63) is 35.9 Å². The second kappa shape index (κ2) is 9.38. The van der Waals surface area contributed by atoms with Crippen LogP contribution < -0.4 is 9.80 Å². The second-order valence-electron chi connectivity index (χ2n) is 9.36. The van der Waals surface area contributed by atoms with E-state index in [1.165, 1.54) is 49.8 Å². The monoisotopic (exact) mass is 407 g/mol. The first-order chi connectivity index (χ1) is 14.6. The van der Waals surface area contributed by atoms with E-state index in [2.05, 4.69) is 54.8 Å². The van der Waals surface area contributed by atoms with Gasteiger partial charge >= 0.3 is 0 Å². The van der Waals surface area contributed by atoms with E-state index in [0.29, 0.717) is 5.92 Å². The van der Waals surface area contributed by atoms with Crippen molar-refractivity contribution in [2.24, 2.45) is 5.92 Å². The molecule has 0 saturated carbocycles. The van der Waals surface area contributed by atoms with Gasteiger partial charge in [-0.05, 0) is 56.5 Å². The zero-order valence-electron chi connectivity index (χ0n) is 19.0. The molecule has 4 heteroatoms. The Morgan fingerprint density at radius 3 is 2.57 bits per heavy atom. The Morgan fingerprint density at radius 2 is 1.77 bits per heavy atom. The molecule has 4 rings (SSSR count). The van der Waals surface area contributed by atoms with Crippen LogP contribution >= 0.6 is 0 Å². The van der Waals surface area contributed by atoms with Gasteiger partial charge in [0.1, 0.15) is 0 Å². The number of anilines is 2. The third-order valence-corrected chi connectivity index (χ3v) is 6.70. The van der Waals surface area contributed by atoms with Crippen LogP contribution in [0.3, 0.4) is 0 Å². The van der Waals surface area contributed by atoms with Crippen molar-refractivity contribution in [3.63, 3.8) is 0 Å². The predicted molar refractivity (Wildman–Crippen MR) is 128 cm³/mol. The summed E-state index contributed by atoms with van der Waals surface area (Å²) in [5.41, 5.74) is 3.28. The maximum Gasteiger partial charge on any atom is 0.258 e. The molecule has 0 radical (unpaired) electrons. The Balaban J connectivity index is 1.58. The average Bonchev–Trinajstić information content (AvgIpc) is 2.88. The first kappa shape index (κ1) is 21.2. The maximum absolute atomic E-state index is 13.1. The van der Waals surface area contributed by atoms with Crippen molar-refractivity contribution >= 4 is 28.1 Å². The lowest BCUT2D eigenvalue weighted by molar-refractivity contribution is 0.0992. The van der Waals surface area contributed by atoms with Gasteiger partial charge < -0.3 is 14.7 Å². The molecule has 2 aliphatic rings. The van der Waals surface area contributed by atoms with Crippen LogP contribution in [0.2, 0.25) is 0 Å². The fourth-order valence-electron chi connectivity index (χ4n) is 4.94. The Hall–Kier alpha value is -2.07. The highest BCUT2D eigenvalue weighted by atomic mass is 16.2. The Kier molecular flexibility index (Phi) is 6.62.